The van der Waals surface area contributed by atoms with Gasteiger partial charge in [-0.2, -0.15) is 0 Å². The van der Waals surface area contributed by atoms with Gasteiger partial charge in [0.25, 0.3) is 11.8 Å². The molecular formula is C25H23N3O4S2. The number of aryl methyl sites for hydroxylation is 1. The number of anilines is 2. The highest BCUT2D eigenvalue weighted by atomic mass is 32.2. The fourth-order valence-electron chi connectivity index (χ4n) is 4.34. The number of fused-ring (bicyclic) bond motifs is 1. The van der Waals surface area contributed by atoms with E-state index >= 15 is 0 Å². The van der Waals surface area contributed by atoms with Gasteiger partial charge in [0.05, 0.1) is 28.8 Å². The number of amides is 3. The molecule has 3 heterocycles. The van der Waals surface area contributed by atoms with E-state index in [9.17, 15) is 14.4 Å². The van der Waals surface area contributed by atoms with Crippen molar-refractivity contribution < 1.29 is 19.1 Å². The van der Waals surface area contributed by atoms with Gasteiger partial charge in [-0.15, -0.1) is 0 Å². The third-order valence-electron chi connectivity index (χ3n) is 6.05. The number of thiocarbonyl (C=S) groups is 1. The van der Waals surface area contributed by atoms with Crippen molar-refractivity contribution in [3.8, 4) is 0 Å². The fourth-order valence-corrected chi connectivity index (χ4v) is 5.68. The molecule has 0 aliphatic carbocycles. The van der Waals surface area contributed by atoms with Gasteiger partial charge in [-0.25, -0.2) is 0 Å². The minimum absolute atomic E-state index is 0.0413. The van der Waals surface area contributed by atoms with Crippen molar-refractivity contribution >= 4 is 63.0 Å². The molecule has 0 bridgehead atoms. The van der Waals surface area contributed by atoms with Crippen LogP contribution in [0.25, 0.3) is 5.57 Å². The predicted molar refractivity (Wildman–Crippen MR) is 136 cm³/mol. The molecule has 2 saturated heterocycles. The topological polar surface area (TPSA) is 79.0 Å². The van der Waals surface area contributed by atoms with Crippen LogP contribution in [0.1, 0.15) is 24.0 Å². The lowest BCUT2D eigenvalue weighted by Gasteiger charge is -2.18. The average molecular weight is 494 g/mol. The minimum Gasteiger partial charge on any atom is -0.376 e. The monoisotopic (exact) mass is 493 g/mol. The van der Waals surface area contributed by atoms with Gasteiger partial charge in [-0.1, -0.05) is 59.9 Å². The lowest BCUT2D eigenvalue weighted by Crippen LogP contribution is -2.36. The zero-order valence-electron chi connectivity index (χ0n) is 18.6. The molecule has 2 fully saturated rings. The molecule has 3 amide bonds. The number of benzene rings is 2. The van der Waals surface area contributed by atoms with Crippen LogP contribution in [0.5, 0.6) is 0 Å². The van der Waals surface area contributed by atoms with E-state index in [1.165, 1.54) is 9.80 Å². The zero-order valence-corrected chi connectivity index (χ0v) is 20.2. The van der Waals surface area contributed by atoms with Gasteiger partial charge in [0.15, 0.2) is 0 Å². The van der Waals surface area contributed by atoms with E-state index in [1.54, 1.807) is 12.1 Å². The SMILES string of the molecule is Cc1ccc(NC(=O)CN2C(=O)C(=C3SC(=S)N(CC4CCCO4)C3=O)c3ccccc32)cc1. The summed E-state index contributed by atoms with van der Waals surface area (Å²) in [7, 11) is 0. The Hall–Kier alpha value is -3.01. The number of hydrogen-bond donors (Lipinski definition) is 1. The maximum Gasteiger partial charge on any atom is 0.267 e. The predicted octanol–water partition coefficient (Wildman–Crippen LogP) is 3.73. The van der Waals surface area contributed by atoms with Crippen LogP contribution < -0.4 is 10.2 Å². The standard InChI is InChI=1S/C25H23N3O4S2/c1-15-8-10-16(11-9-15)26-20(29)14-27-19-7-3-2-6-18(19)21(23(27)30)22-24(31)28(25(33)34-22)13-17-5-4-12-32-17/h2-3,6-11,17H,4-5,12-14H2,1H3,(H,26,29). The summed E-state index contributed by atoms with van der Waals surface area (Å²) in [5.74, 6) is -0.980. The number of thioether (sulfide) groups is 1. The molecule has 0 radical (unpaired) electrons. The number of carbonyl (C=O) groups is 3. The largest absolute Gasteiger partial charge is 0.376 e. The van der Waals surface area contributed by atoms with Gasteiger partial charge in [0.1, 0.15) is 10.9 Å². The Morgan fingerprint density at radius 1 is 1.12 bits per heavy atom. The van der Waals surface area contributed by atoms with E-state index in [1.807, 2.05) is 43.3 Å². The van der Waals surface area contributed by atoms with E-state index < -0.39 is 0 Å². The second-order valence-electron chi connectivity index (χ2n) is 8.45. The van der Waals surface area contributed by atoms with Crippen molar-refractivity contribution in [2.75, 3.05) is 29.9 Å². The minimum atomic E-state index is -0.377. The summed E-state index contributed by atoms with van der Waals surface area (Å²) < 4.78 is 6.09. The summed E-state index contributed by atoms with van der Waals surface area (Å²) in [6.07, 6.45) is 1.81. The van der Waals surface area contributed by atoms with Crippen molar-refractivity contribution in [3.63, 3.8) is 0 Å². The normalized spacial score (nSPS) is 22.0. The number of nitrogens with zero attached hydrogens (tertiary/aromatic N) is 2. The Labute approximate surface area is 207 Å². The van der Waals surface area contributed by atoms with Crippen LogP contribution in [-0.4, -0.2) is 52.7 Å². The van der Waals surface area contributed by atoms with Crippen LogP contribution in [0.4, 0.5) is 11.4 Å². The van der Waals surface area contributed by atoms with Crippen molar-refractivity contribution in [3.05, 3.63) is 64.6 Å². The molecule has 0 saturated carbocycles. The van der Waals surface area contributed by atoms with E-state index in [0.29, 0.717) is 44.9 Å². The lowest BCUT2D eigenvalue weighted by molar-refractivity contribution is -0.123. The summed E-state index contributed by atoms with van der Waals surface area (Å²) in [6, 6.07) is 14.7. The highest BCUT2D eigenvalue weighted by Crippen LogP contribution is 2.44. The molecule has 1 unspecified atom stereocenters. The van der Waals surface area contributed by atoms with Gasteiger partial charge >= 0.3 is 0 Å². The van der Waals surface area contributed by atoms with Gasteiger partial charge in [0, 0.05) is 17.9 Å². The smallest absolute Gasteiger partial charge is 0.267 e. The first-order chi connectivity index (χ1) is 16.4. The number of carbonyl (C=O) groups excluding carboxylic acids is 3. The van der Waals surface area contributed by atoms with E-state index in [2.05, 4.69) is 5.32 Å². The molecule has 5 rings (SSSR count). The first-order valence-corrected chi connectivity index (χ1v) is 12.3. The molecule has 1 N–H and O–H groups in total. The van der Waals surface area contributed by atoms with Crippen LogP contribution >= 0.6 is 24.0 Å². The first kappa shape index (κ1) is 22.8. The van der Waals surface area contributed by atoms with Gasteiger partial charge in [-0.3, -0.25) is 24.2 Å². The molecule has 2 aromatic carbocycles. The van der Waals surface area contributed by atoms with Crippen LogP contribution in [0.2, 0.25) is 0 Å². The first-order valence-electron chi connectivity index (χ1n) is 11.1. The third kappa shape index (κ3) is 4.26. The van der Waals surface area contributed by atoms with Crippen LogP contribution in [-0.2, 0) is 19.1 Å². The maximum atomic E-state index is 13.5. The number of nitrogens with one attached hydrogen (secondary N) is 1. The van der Waals surface area contributed by atoms with Crippen LogP contribution in [0.15, 0.2) is 53.4 Å². The Balaban J connectivity index is 1.41. The van der Waals surface area contributed by atoms with Crippen molar-refractivity contribution in [1.82, 2.24) is 4.90 Å². The Kier molecular flexibility index (Phi) is 6.24. The second kappa shape index (κ2) is 9.32. The van der Waals surface area contributed by atoms with Crippen LogP contribution in [0, 0.1) is 6.92 Å². The molecule has 3 aliphatic heterocycles. The molecule has 9 heteroatoms. The number of para-hydroxylation sites is 1. The van der Waals surface area contributed by atoms with E-state index in [-0.39, 0.29) is 30.4 Å². The average Bonchev–Trinajstić information content (AvgIpc) is 3.50. The molecule has 1 atom stereocenters. The van der Waals surface area contributed by atoms with Gasteiger partial charge in [0.2, 0.25) is 5.91 Å². The highest BCUT2D eigenvalue weighted by Gasteiger charge is 2.43. The zero-order chi connectivity index (χ0) is 23.8. The highest BCUT2D eigenvalue weighted by molar-refractivity contribution is 8.26. The summed E-state index contributed by atoms with van der Waals surface area (Å²) in [5.41, 5.74) is 3.28. The Morgan fingerprint density at radius 2 is 1.88 bits per heavy atom. The molecule has 2 aromatic rings. The summed E-state index contributed by atoms with van der Waals surface area (Å²) in [4.78, 5) is 42.8. The van der Waals surface area contributed by atoms with Crippen molar-refractivity contribution in [1.29, 1.82) is 0 Å². The number of hydrogen-bond acceptors (Lipinski definition) is 6. The van der Waals surface area contributed by atoms with Crippen molar-refractivity contribution in [2.24, 2.45) is 0 Å². The van der Waals surface area contributed by atoms with Gasteiger partial charge < -0.3 is 10.1 Å². The molecule has 3 aliphatic rings. The fraction of sp³-hybridized carbons (Fsp3) is 0.280. The second-order valence-corrected chi connectivity index (χ2v) is 10.1. The van der Waals surface area contributed by atoms with E-state index in [4.69, 9.17) is 17.0 Å². The molecule has 0 aromatic heterocycles. The summed E-state index contributed by atoms with van der Waals surface area (Å²) in [6.45, 7) is 2.88. The molecular weight excluding hydrogens is 470 g/mol. The molecule has 174 valence electrons. The summed E-state index contributed by atoms with van der Waals surface area (Å²) in [5, 5.41) is 2.83. The molecule has 7 nitrogen and oxygen atoms in total. The van der Waals surface area contributed by atoms with Crippen LogP contribution in [0.3, 0.4) is 0 Å². The molecule has 0 spiro atoms. The maximum absolute atomic E-state index is 13.5. The Morgan fingerprint density at radius 3 is 2.62 bits per heavy atom. The molecule has 34 heavy (non-hydrogen) atoms. The number of ether oxygens (including phenoxy) is 1. The number of rotatable bonds is 5. The van der Waals surface area contributed by atoms with Crippen molar-refractivity contribution in [2.45, 2.75) is 25.9 Å². The quantitative estimate of drug-likeness (QED) is 0.505. The summed E-state index contributed by atoms with van der Waals surface area (Å²) >= 11 is 6.61. The Bertz CT molecular complexity index is 1220. The third-order valence-corrected chi connectivity index (χ3v) is 7.49. The van der Waals surface area contributed by atoms with Gasteiger partial charge in [-0.05, 0) is 38.0 Å². The lowest BCUT2D eigenvalue weighted by atomic mass is 10.1. The van der Waals surface area contributed by atoms with E-state index in [0.717, 1.165) is 30.2 Å².